The molecule has 0 atom stereocenters. The van der Waals surface area contributed by atoms with Gasteiger partial charge in [-0.3, -0.25) is 0 Å². The van der Waals surface area contributed by atoms with E-state index in [0.29, 0.717) is 11.1 Å². The van der Waals surface area contributed by atoms with Gasteiger partial charge in [0.2, 0.25) is 0 Å². The summed E-state index contributed by atoms with van der Waals surface area (Å²) in [6.45, 7) is 3.50. The molecular formula is C17H18ClFN4. The van der Waals surface area contributed by atoms with Crippen LogP contribution in [-0.4, -0.2) is 36.1 Å². The maximum atomic E-state index is 13.0. The van der Waals surface area contributed by atoms with E-state index in [-0.39, 0.29) is 5.82 Å². The minimum Gasteiger partial charge on any atom is -0.368 e. The Kier molecular flexibility index (Phi) is 3.81. The zero-order valence-corrected chi connectivity index (χ0v) is 13.5. The Hall–Kier alpha value is -1.88. The number of benzene rings is 1. The molecule has 1 saturated heterocycles. The van der Waals surface area contributed by atoms with Crippen molar-refractivity contribution in [1.82, 2.24) is 9.97 Å². The van der Waals surface area contributed by atoms with E-state index in [0.717, 1.165) is 56.4 Å². The molecule has 4 rings (SSSR count). The van der Waals surface area contributed by atoms with E-state index < -0.39 is 0 Å². The molecule has 4 nitrogen and oxygen atoms in total. The molecule has 2 aromatic rings. The first-order valence-electron chi connectivity index (χ1n) is 7.99. The van der Waals surface area contributed by atoms with E-state index in [1.807, 2.05) is 18.2 Å². The van der Waals surface area contributed by atoms with Gasteiger partial charge in [0.15, 0.2) is 0 Å². The van der Waals surface area contributed by atoms with Gasteiger partial charge in [-0.25, -0.2) is 14.4 Å². The van der Waals surface area contributed by atoms with Crippen molar-refractivity contribution in [2.45, 2.75) is 18.8 Å². The standard InChI is InChI=1S/C17H18ClFN4/c18-15-11-16(21-17(20-15)12-1-2-12)23-9-7-22(8-10-23)14-5-3-13(19)4-6-14/h3-6,11-12H,1-2,7-10H2. The molecule has 0 unspecified atom stereocenters. The number of anilines is 2. The molecule has 0 spiro atoms. The second-order valence-electron chi connectivity index (χ2n) is 6.13. The summed E-state index contributed by atoms with van der Waals surface area (Å²) in [7, 11) is 0. The molecular weight excluding hydrogens is 315 g/mol. The van der Waals surface area contributed by atoms with Gasteiger partial charge in [-0.2, -0.15) is 0 Å². The minimum absolute atomic E-state index is 0.199. The van der Waals surface area contributed by atoms with Crippen LogP contribution in [-0.2, 0) is 0 Å². The predicted molar refractivity (Wildman–Crippen MR) is 89.8 cm³/mol. The third-order valence-corrected chi connectivity index (χ3v) is 4.63. The van der Waals surface area contributed by atoms with Crippen molar-refractivity contribution in [1.29, 1.82) is 0 Å². The van der Waals surface area contributed by atoms with Crippen molar-refractivity contribution in [2.24, 2.45) is 0 Å². The first-order valence-corrected chi connectivity index (χ1v) is 8.37. The SMILES string of the molecule is Fc1ccc(N2CCN(c3cc(Cl)nc(C4CC4)n3)CC2)cc1. The fraction of sp³-hybridized carbons (Fsp3) is 0.412. The summed E-state index contributed by atoms with van der Waals surface area (Å²) in [4.78, 5) is 13.5. The third kappa shape index (κ3) is 3.24. The second kappa shape index (κ2) is 5.96. The summed E-state index contributed by atoms with van der Waals surface area (Å²) in [6, 6.07) is 8.53. The third-order valence-electron chi connectivity index (χ3n) is 4.44. The molecule has 23 heavy (non-hydrogen) atoms. The van der Waals surface area contributed by atoms with Gasteiger partial charge in [-0.15, -0.1) is 0 Å². The molecule has 120 valence electrons. The lowest BCUT2D eigenvalue weighted by molar-refractivity contribution is 0.624. The summed E-state index contributed by atoms with van der Waals surface area (Å²) in [5, 5.41) is 0.526. The number of hydrogen-bond donors (Lipinski definition) is 0. The molecule has 1 aromatic heterocycles. The molecule has 0 bridgehead atoms. The van der Waals surface area contributed by atoms with Crippen LogP contribution in [0.5, 0.6) is 0 Å². The number of halogens is 2. The first kappa shape index (κ1) is 14.7. The van der Waals surface area contributed by atoms with Crippen LogP contribution >= 0.6 is 11.6 Å². The maximum Gasteiger partial charge on any atom is 0.135 e. The molecule has 0 N–H and O–H groups in total. The van der Waals surface area contributed by atoms with Crippen LogP contribution in [0.2, 0.25) is 5.15 Å². The smallest absolute Gasteiger partial charge is 0.135 e. The van der Waals surface area contributed by atoms with Crippen molar-refractivity contribution in [3.05, 3.63) is 47.1 Å². The van der Waals surface area contributed by atoms with Gasteiger partial charge in [0, 0.05) is 43.9 Å². The zero-order chi connectivity index (χ0) is 15.8. The molecule has 2 heterocycles. The molecule has 2 fully saturated rings. The summed E-state index contributed by atoms with van der Waals surface area (Å²) in [5.41, 5.74) is 1.06. The van der Waals surface area contributed by atoms with Gasteiger partial charge in [0.1, 0.15) is 22.6 Å². The quantitative estimate of drug-likeness (QED) is 0.806. The van der Waals surface area contributed by atoms with Crippen molar-refractivity contribution >= 4 is 23.1 Å². The minimum atomic E-state index is -0.199. The van der Waals surface area contributed by atoms with Crippen LogP contribution in [0.15, 0.2) is 30.3 Å². The van der Waals surface area contributed by atoms with E-state index in [2.05, 4.69) is 14.8 Å². The maximum absolute atomic E-state index is 13.0. The lowest BCUT2D eigenvalue weighted by Crippen LogP contribution is -2.46. The Morgan fingerprint density at radius 2 is 1.61 bits per heavy atom. The van der Waals surface area contributed by atoms with E-state index in [1.54, 1.807) is 0 Å². The van der Waals surface area contributed by atoms with Gasteiger partial charge < -0.3 is 9.80 Å². The normalized spacial score (nSPS) is 18.3. The number of nitrogens with zero attached hydrogens (tertiary/aromatic N) is 4. The number of rotatable bonds is 3. The average molecular weight is 333 g/mol. The molecule has 6 heteroatoms. The van der Waals surface area contributed by atoms with E-state index in [1.165, 1.54) is 12.1 Å². The van der Waals surface area contributed by atoms with Crippen LogP contribution in [0.1, 0.15) is 24.6 Å². The highest BCUT2D eigenvalue weighted by Crippen LogP contribution is 2.39. The Bertz CT molecular complexity index is 694. The highest BCUT2D eigenvalue weighted by atomic mass is 35.5. The predicted octanol–water partition coefficient (Wildman–Crippen LogP) is 3.47. The molecule has 2 aliphatic rings. The molecule has 1 saturated carbocycles. The van der Waals surface area contributed by atoms with Crippen molar-refractivity contribution in [3.63, 3.8) is 0 Å². The Balaban J connectivity index is 1.46. The Morgan fingerprint density at radius 1 is 0.957 bits per heavy atom. The molecule has 1 aliphatic heterocycles. The second-order valence-corrected chi connectivity index (χ2v) is 6.52. The summed E-state index contributed by atoms with van der Waals surface area (Å²) in [6.07, 6.45) is 2.33. The Morgan fingerprint density at radius 3 is 2.26 bits per heavy atom. The van der Waals surface area contributed by atoms with Gasteiger partial charge in [0.25, 0.3) is 0 Å². The van der Waals surface area contributed by atoms with Crippen LogP contribution in [0.25, 0.3) is 0 Å². The fourth-order valence-electron chi connectivity index (χ4n) is 2.95. The largest absolute Gasteiger partial charge is 0.368 e. The number of piperazine rings is 1. The van der Waals surface area contributed by atoms with E-state index in [9.17, 15) is 4.39 Å². The van der Waals surface area contributed by atoms with Gasteiger partial charge >= 0.3 is 0 Å². The number of aromatic nitrogens is 2. The lowest BCUT2D eigenvalue weighted by atomic mass is 10.2. The lowest BCUT2D eigenvalue weighted by Gasteiger charge is -2.36. The average Bonchev–Trinajstić information content (AvgIpc) is 3.40. The van der Waals surface area contributed by atoms with E-state index in [4.69, 9.17) is 16.6 Å². The zero-order valence-electron chi connectivity index (χ0n) is 12.8. The van der Waals surface area contributed by atoms with Crippen LogP contribution in [0, 0.1) is 5.82 Å². The van der Waals surface area contributed by atoms with Crippen LogP contribution < -0.4 is 9.80 Å². The molecule has 0 radical (unpaired) electrons. The Labute approximate surface area is 139 Å². The summed E-state index contributed by atoms with van der Waals surface area (Å²) in [5.74, 6) is 2.10. The monoisotopic (exact) mass is 332 g/mol. The summed E-state index contributed by atoms with van der Waals surface area (Å²) >= 11 is 6.16. The van der Waals surface area contributed by atoms with Crippen molar-refractivity contribution < 1.29 is 4.39 Å². The van der Waals surface area contributed by atoms with Crippen molar-refractivity contribution in [2.75, 3.05) is 36.0 Å². The fourth-order valence-corrected chi connectivity index (χ4v) is 3.14. The van der Waals surface area contributed by atoms with Crippen LogP contribution in [0.4, 0.5) is 15.9 Å². The van der Waals surface area contributed by atoms with Crippen LogP contribution in [0.3, 0.4) is 0 Å². The number of hydrogen-bond acceptors (Lipinski definition) is 4. The van der Waals surface area contributed by atoms with Gasteiger partial charge in [0.05, 0.1) is 0 Å². The molecule has 1 aromatic carbocycles. The highest BCUT2D eigenvalue weighted by molar-refractivity contribution is 6.29. The topological polar surface area (TPSA) is 32.3 Å². The van der Waals surface area contributed by atoms with E-state index >= 15 is 0 Å². The van der Waals surface area contributed by atoms with Crippen molar-refractivity contribution in [3.8, 4) is 0 Å². The highest BCUT2D eigenvalue weighted by Gasteiger charge is 2.28. The summed E-state index contributed by atoms with van der Waals surface area (Å²) < 4.78 is 13.0. The van der Waals surface area contributed by atoms with Gasteiger partial charge in [-0.05, 0) is 37.1 Å². The first-order chi connectivity index (χ1) is 11.2. The molecule has 1 aliphatic carbocycles. The molecule has 0 amide bonds. The van der Waals surface area contributed by atoms with Gasteiger partial charge in [-0.1, -0.05) is 11.6 Å².